The van der Waals surface area contributed by atoms with E-state index in [9.17, 15) is 4.79 Å². The lowest BCUT2D eigenvalue weighted by atomic mass is 9.86. The van der Waals surface area contributed by atoms with Crippen LogP contribution < -0.4 is 0 Å². The number of likely N-dealkylation sites (N-methyl/N-ethyl adjacent to an activating group) is 1. The molecule has 0 aromatic heterocycles. The third-order valence-corrected chi connectivity index (χ3v) is 4.02. The van der Waals surface area contributed by atoms with Crippen molar-refractivity contribution in [3.8, 4) is 0 Å². The maximum Gasteiger partial charge on any atom is 0.330 e. The Balaban J connectivity index is 2.16. The van der Waals surface area contributed by atoms with Crippen LogP contribution in [0, 0.1) is 0 Å². The number of carbonyl (C=O) groups excluding carboxylic acids is 1. The summed E-state index contributed by atoms with van der Waals surface area (Å²) < 4.78 is 10.3. The van der Waals surface area contributed by atoms with Crippen LogP contribution in [0.4, 0.5) is 0 Å². The molecule has 1 aromatic carbocycles. The first-order valence-corrected chi connectivity index (χ1v) is 7.21. The highest BCUT2D eigenvalue weighted by Gasteiger charge is 2.28. The van der Waals surface area contributed by atoms with Crippen molar-refractivity contribution < 1.29 is 14.3 Å². The van der Waals surface area contributed by atoms with Crippen molar-refractivity contribution in [2.45, 2.75) is 18.4 Å². The van der Waals surface area contributed by atoms with Gasteiger partial charge in [-0.3, -0.25) is 0 Å². The number of ether oxygens (including phenoxy) is 2. The Hall–Kier alpha value is -1.65. The van der Waals surface area contributed by atoms with E-state index in [0.29, 0.717) is 5.92 Å². The van der Waals surface area contributed by atoms with E-state index in [2.05, 4.69) is 28.8 Å². The normalized spacial score (nSPS) is 23.4. The van der Waals surface area contributed by atoms with Gasteiger partial charge in [0.25, 0.3) is 0 Å². The predicted molar refractivity (Wildman–Crippen MR) is 83.1 cm³/mol. The van der Waals surface area contributed by atoms with E-state index in [-0.39, 0.29) is 12.1 Å². The van der Waals surface area contributed by atoms with Crippen LogP contribution in [0.3, 0.4) is 0 Å². The van der Waals surface area contributed by atoms with E-state index < -0.39 is 0 Å². The Morgan fingerprint density at radius 2 is 2.19 bits per heavy atom. The van der Waals surface area contributed by atoms with Gasteiger partial charge >= 0.3 is 5.97 Å². The van der Waals surface area contributed by atoms with Crippen molar-refractivity contribution in [1.82, 2.24) is 4.90 Å². The number of carbonyl (C=O) groups is 1. The lowest BCUT2D eigenvalue weighted by Crippen LogP contribution is -2.41. The number of methoxy groups -OCH3 is 2. The molecule has 0 spiro atoms. The van der Waals surface area contributed by atoms with Crippen molar-refractivity contribution in [3.63, 3.8) is 0 Å². The molecule has 1 aliphatic heterocycles. The zero-order valence-corrected chi connectivity index (χ0v) is 12.9. The summed E-state index contributed by atoms with van der Waals surface area (Å²) in [5.74, 6) is 0.0622. The molecule has 1 fully saturated rings. The van der Waals surface area contributed by atoms with Crippen molar-refractivity contribution in [3.05, 3.63) is 41.5 Å². The second-order valence-corrected chi connectivity index (χ2v) is 5.46. The summed E-state index contributed by atoms with van der Waals surface area (Å²) in [5.41, 5.74) is 2.27. The second-order valence-electron chi connectivity index (χ2n) is 5.46. The van der Waals surface area contributed by atoms with Crippen LogP contribution in [-0.4, -0.2) is 51.3 Å². The molecule has 4 heteroatoms. The van der Waals surface area contributed by atoms with Gasteiger partial charge in [-0.1, -0.05) is 24.3 Å². The molecule has 1 unspecified atom stereocenters. The Morgan fingerprint density at radius 1 is 1.38 bits per heavy atom. The lowest BCUT2D eigenvalue weighted by Gasteiger charge is -2.36. The fourth-order valence-electron chi connectivity index (χ4n) is 2.82. The molecule has 0 saturated carbocycles. The SMILES string of the molecule is COC(=O)C=Cc1cccc([C@H]2CCN(C)CC2OC)c1. The van der Waals surface area contributed by atoms with E-state index in [1.807, 2.05) is 12.1 Å². The Bertz CT molecular complexity index is 513. The van der Waals surface area contributed by atoms with Crippen molar-refractivity contribution in [2.75, 3.05) is 34.4 Å². The minimum absolute atomic E-state index is 0.212. The van der Waals surface area contributed by atoms with Gasteiger partial charge in [0.2, 0.25) is 0 Å². The van der Waals surface area contributed by atoms with Gasteiger partial charge in [-0.05, 0) is 37.2 Å². The zero-order chi connectivity index (χ0) is 15.2. The van der Waals surface area contributed by atoms with Gasteiger partial charge in [0.1, 0.15) is 0 Å². The summed E-state index contributed by atoms with van der Waals surface area (Å²) in [6.07, 6.45) is 4.52. The third-order valence-electron chi connectivity index (χ3n) is 4.02. The third kappa shape index (κ3) is 4.16. The van der Waals surface area contributed by atoms with E-state index in [4.69, 9.17) is 4.74 Å². The molecule has 1 aliphatic rings. The van der Waals surface area contributed by atoms with Crippen LogP contribution in [-0.2, 0) is 14.3 Å². The summed E-state index contributed by atoms with van der Waals surface area (Å²) in [6, 6.07) is 8.27. The monoisotopic (exact) mass is 289 g/mol. The standard InChI is InChI=1S/C17H23NO3/c1-18-10-9-15(16(12-18)20-2)14-6-4-5-13(11-14)7-8-17(19)21-3/h4-8,11,15-16H,9-10,12H2,1-3H3/t15-,16?/m1/s1. The molecule has 0 bridgehead atoms. The number of likely N-dealkylation sites (tertiary alicyclic amines) is 1. The van der Waals surface area contributed by atoms with E-state index >= 15 is 0 Å². The molecule has 2 atom stereocenters. The Labute approximate surface area is 126 Å². The molecule has 21 heavy (non-hydrogen) atoms. The highest BCUT2D eigenvalue weighted by Crippen LogP contribution is 2.30. The smallest absolute Gasteiger partial charge is 0.330 e. The average Bonchev–Trinajstić information content (AvgIpc) is 2.52. The first kappa shape index (κ1) is 15.7. The molecule has 0 amide bonds. The lowest BCUT2D eigenvalue weighted by molar-refractivity contribution is -0.134. The number of nitrogens with zero attached hydrogens (tertiary/aromatic N) is 1. The van der Waals surface area contributed by atoms with Gasteiger partial charge in [0.15, 0.2) is 0 Å². The first-order valence-electron chi connectivity index (χ1n) is 7.21. The summed E-state index contributed by atoms with van der Waals surface area (Å²) in [5, 5.41) is 0. The molecule has 0 aliphatic carbocycles. The molecular weight excluding hydrogens is 266 g/mol. The first-order chi connectivity index (χ1) is 10.1. The van der Waals surface area contributed by atoms with Crippen LogP contribution in [0.25, 0.3) is 6.08 Å². The molecule has 0 radical (unpaired) electrons. The molecule has 2 rings (SSSR count). The highest BCUT2D eigenvalue weighted by atomic mass is 16.5. The van der Waals surface area contributed by atoms with Crippen LogP contribution in [0.15, 0.2) is 30.3 Å². The number of benzene rings is 1. The second kappa shape index (κ2) is 7.38. The number of hydrogen-bond acceptors (Lipinski definition) is 4. The van der Waals surface area contributed by atoms with Crippen LogP contribution in [0.2, 0.25) is 0 Å². The topological polar surface area (TPSA) is 38.8 Å². The van der Waals surface area contributed by atoms with Crippen molar-refractivity contribution in [2.24, 2.45) is 0 Å². The fourth-order valence-corrected chi connectivity index (χ4v) is 2.82. The summed E-state index contributed by atoms with van der Waals surface area (Å²) in [6.45, 7) is 2.02. The maximum atomic E-state index is 11.2. The van der Waals surface area contributed by atoms with Crippen molar-refractivity contribution in [1.29, 1.82) is 0 Å². The quantitative estimate of drug-likeness (QED) is 0.630. The highest BCUT2D eigenvalue weighted by molar-refractivity contribution is 5.86. The van der Waals surface area contributed by atoms with Gasteiger partial charge in [-0.15, -0.1) is 0 Å². The Kier molecular flexibility index (Phi) is 5.53. The van der Waals surface area contributed by atoms with E-state index in [0.717, 1.165) is 25.1 Å². The summed E-state index contributed by atoms with van der Waals surface area (Å²) in [4.78, 5) is 13.5. The summed E-state index contributed by atoms with van der Waals surface area (Å²) in [7, 11) is 5.28. The number of rotatable bonds is 4. The van der Waals surface area contributed by atoms with Gasteiger partial charge < -0.3 is 14.4 Å². The van der Waals surface area contributed by atoms with Crippen molar-refractivity contribution >= 4 is 12.0 Å². The van der Waals surface area contributed by atoms with E-state index in [1.54, 1.807) is 13.2 Å². The summed E-state index contributed by atoms with van der Waals surface area (Å²) >= 11 is 0. The largest absolute Gasteiger partial charge is 0.466 e. The molecular formula is C17H23NO3. The van der Waals surface area contributed by atoms with Crippen LogP contribution in [0.1, 0.15) is 23.5 Å². The van der Waals surface area contributed by atoms with Gasteiger partial charge in [-0.2, -0.15) is 0 Å². The van der Waals surface area contributed by atoms with E-state index in [1.165, 1.54) is 18.7 Å². The molecule has 0 N–H and O–H groups in total. The van der Waals surface area contributed by atoms with Gasteiger partial charge in [0, 0.05) is 25.6 Å². The predicted octanol–water partition coefficient (Wildman–Crippen LogP) is 2.31. The Morgan fingerprint density at radius 3 is 2.90 bits per heavy atom. The molecule has 1 heterocycles. The molecule has 1 saturated heterocycles. The number of hydrogen-bond donors (Lipinski definition) is 0. The maximum absolute atomic E-state index is 11.2. The number of piperidine rings is 1. The zero-order valence-electron chi connectivity index (χ0n) is 12.9. The molecule has 4 nitrogen and oxygen atoms in total. The minimum atomic E-state index is -0.338. The average molecular weight is 289 g/mol. The van der Waals surface area contributed by atoms with Crippen LogP contribution >= 0.6 is 0 Å². The minimum Gasteiger partial charge on any atom is -0.466 e. The molecule has 114 valence electrons. The van der Waals surface area contributed by atoms with Crippen LogP contribution in [0.5, 0.6) is 0 Å². The van der Waals surface area contributed by atoms with Gasteiger partial charge in [0.05, 0.1) is 13.2 Å². The number of esters is 1. The van der Waals surface area contributed by atoms with Gasteiger partial charge in [-0.25, -0.2) is 4.79 Å². The molecule has 1 aromatic rings. The fraction of sp³-hybridized carbons (Fsp3) is 0.471.